The predicted molar refractivity (Wildman–Crippen MR) is 74.7 cm³/mol. The standard InChI is InChI=1S/C14H20BNO4/c1-12(2)13(3,4)20-15(19-12)9-7-11(14(18)5-6-14)16-8-10(9)17/h7-8,17-18H,5-6H2,1-4H3. The minimum absolute atomic E-state index is 0.0245. The molecule has 2 heterocycles. The summed E-state index contributed by atoms with van der Waals surface area (Å²) in [5.41, 5.74) is -0.686. The number of aromatic hydroxyl groups is 1. The normalized spacial score (nSPS) is 25.8. The Hall–Kier alpha value is -1.11. The summed E-state index contributed by atoms with van der Waals surface area (Å²) in [6.45, 7) is 7.84. The van der Waals surface area contributed by atoms with E-state index in [1.54, 1.807) is 6.07 Å². The lowest BCUT2D eigenvalue weighted by atomic mass is 9.78. The molecule has 1 aromatic rings. The Bertz CT molecular complexity index is 538. The van der Waals surface area contributed by atoms with Crippen LogP contribution in [0.3, 0.4) is 0 Å². The van der Waals surface area contributed by atoms with Gasteiger partial charge < -0.3 is 19.5 Å². The molecule has 1 aliphatic carbocycles. The van der Waals surface area contributed by atoms with Crippen LogP contribution in [0.1, 0.15) is 46.2 Å². The molecule has 0 spiro atoms. The van der Waals surface area contributed by atoms with Crippen molar-refractivity contribution >= 4 is 12.6 Å². The minimum Gasteiger partial charge on any atom is -0.507 e. The maximum Gasteiger partial charge on any atom is 0.498 e. The van der Waals surface area contributed by atoms with Gasteiger partial charge in [-0.05, 0) is 46.6 Å². The van der Waals surface area contributed by atoms with Crippen LogP contribution >= 0.6 is 0 Å². The summed E-state index contributed by atoms with van der Waals surface area (Å²) in [5.74, 6) is 0.0245. The van der Waals surface area contributed by atoms with Crippen LogP contribution in [-0.4, -0.2) is 33.5 Å². The zero-order chi connectivity index (χ0) is 14.8. The predicted octanol–water partition coefficient (Wildman–Crippen LogP) is 1.07. The summed E-state index contributed by atoms with van der Waals surface area (Å²) < 4.78 is 11.9. The minimum atomic E-state index is -0.841. The third-order valence-electron chi connectivity index (χ3n) is 4.62. The fraction of sp³-hybridized carbons (Fsp3) is 0.643. The first-order valence-corrected chi connectivity index (χ1v) is 6.92. The van der Waals surface area contributed by atoms with Gasteiger partial charge in [-0.3, -0.25) is 4.98 Å². The van der Waals surface area contributed by atoms with Crippen molar-refractivity contribution in [3.63, 3.8) is 0 Å². The number of aliphatic hydroxyl groups is 1. The lowest BCUT2D eigenvalue weighted by Crippen LogP contribution is -2.41. The van der Waals surface area contributed by atoms with Crippen LogP contribution < -0.4 is 5.46 Å². The molecule has 2 aliphatic rings. The van der Waals surface area contributed by atoms with E-state index in [1.165, 1.54) is 6.20 Å². The smallest absolute Gasteiger partial charge is 0.498 e. The van der Waals surface area contributed by atoms with E-state index in [9.17, 15) is 10.2 Å². The zero-order valence-corrected chi connectivity index (χ0v) is 12.3. The number of rotatable bonds is 2. The van der Waals surface area contributed by atoms with Crippen molar-refractivity contribution in [2.24, 2.45) is 0 Å². The molecule has 1 aliphatic heterocycles. The third-order valence-corrected chi connectivity index (χ3v) is 4.62. The van der Waals surface area contributed by atoms with Crippen LogP contribution in [0.25, 0.3) is 0 Å². The zero-order valence-electron chi connectivity index (χ0n) is 12.3. The van der Waals surface area contributed by atoms with E-state index in [0.717, 1.165) is 0 Å². The molecule has 1 saturated heterocycles. The van der Waals surface area contributed by atoms with E-state index >= 15 is 0 Å². The van der Waals surface area contributed by atoms with Crippen LogP contribution in [0.15, 0.2) is 12.3 Å². The van der Waals surface area contributed by atoms with Gasteiger partial charge in [0.2, 0.25) is 0 Å². The van der Waals surface area contributed by atoms with E-state index in [2.05, 4.69) is 4.98 Å². The van der Waals surface area contributed by atoms with Crippen molar-refractivity contribution in [3.8, 4) is 5.75 Å². The monoisotopic (exact) mass is 277 g/mol. The van der Waals surface area contributed by atoms with Gasteiger partial charge in [-0.2, -0.15) is 0 Å². The summed E-state index contributed by atoms with van der Waals surface area (Å²) >= 11 is 0. The average Bonchev–Trinajstić information content (AvgIpc) is 3.02. The molecule has 0 bridgehead atoms. The van der Waals surface area contributed by atoms with Gasteiger partial charge >= 0.3 is 7.12 Å². The molecule has 0 aromatic carbocycles. The van der Waals surface area contributed by atoms with E-state index in [-0.39, 0.29) is 5.75 Å². The first-order chi connectivity index (χ1) is 9.15. The lowest BCUT2D eigenvalue weighted by molar-refractivity contribution is 0.00578. The highest BCUT2D eigenvalue weighted by Crippen LogP contribution is 2.44. The van der Waals surface area contributed by atoms with Crippen LogP contribution in [-0.2, 0) is 14.9 Å². The second-order valence-electron chi connectivity index (χ2n) is 6.75. The van der Waals surface area contributed by atoms with E-state index in [4.69, 9.17) is 9.31 Å². The van der Waals surface area contributed by atoms with Crippen molar-refractivity contribution < 1.29 is 19.5 Å². The molecule has 0 unspecified atom stereocenters. The number of aromatic nitrogens is 1. The van der Waals surface area contributed by atoms with Gasteiger partial charge in [0, 0.05) is 5.46 Å². The molecule has 2 N–H and O–H groups in total. The molecule has 108 valence electrons. The van der Waals surface area contributed by atoms with Crippen molar-refractivity contribution in [1.29, 1.82) is 0 Å². The summed E-state index contributed by atoms with van der Waals surface area (Å²) in [5, 5.41) is 20.2. The molecule has 0 radical (unpaired) electrons. The van der Waals surface area contributed by atoms with Crippen LogP contribution in [0.5, 0.6) is 5.75 Å². The van der Waals surface area contributed by atoms with Crippen molar-refractivity contribution in [2.45, 2.75) is 57.3 Å². The van der Waals surface area contributed by atoms with E-state index in [1.807, 2.05) is 27.7 Å². The largest absolute Gasteiger partial charge is 0.507 e. The fourth-order valence-electron chi connectivity index (χ4n) is 2.25. The van der Waals surface area contributed by atoms with Gasteiger partial charge in [-0.1, -0.05) is 0 Å². The Labute approximate surface area is 119 Å². The van der Waals surface area contributed by atoms with Gasteiger partial charge in [-0.15, -0.1) is 0 Å². The second-order valence-corrected chi connectivity index (χ2v) is 6.75. The van der Waals surface area contributed by atoms with E-state index < -0.39 is 23.9 Å². The Kier molecular flexibility index (Phi) is 2.75. The fourth-order valence-corrected chi connectivity index (χ4v) is 2.25. The highest BCUT2D eigenvalue weighted by molar-refractivity contribution is 6.63. The highest BCUT2D eigenvalue weighted by atomic mass is 16.7. The molecule has 1 saturated carbocycles. The SMILES string of the molecule is CC1(C)OB(c2cc(C3(O)CC3)ncc2O)OC1(C)C. The van der Waals surface area contributed by atoms with Gasteiger partial charge in [0.25, 0.3) is 0 Å². The molecule has 5 nitrogen and oxygen atoms in total. The van der Waals surface area contributed by atoms with Crippen LogP contribution in [0.4, 0.5) is 0 Å². The Morgan fingerprint density at radius 2 is 1.70 bits per heavy atom. The number of nitrogens with zero attached hydrogens (tertiary/aromatic N) is 1. The molecular formula is C14H20BNO4. The molecule has 1 aromatic heterocycles. The van der Waals surface area contributed by atoms with Gasteiger partial charge in [0.1, 0.15) is 11.4 Å². The number of hydrogen-bond acceptors (Lipinski definition) is 5. The summed E-state index contributed by atoms with van der Waals surface area (Å²) in [6, 6.07) is 1.68. The van der Waals surface area contributed by atoms with E-state index in [0.29, 0.717) is 24.0 Å². The summed E-state index contributed by atoms with van der Waals surface area (Å²) in [4.78, 5) is 4.11. The van der Waals surface area contributed by atoms with Crippen molar-refractivity contribution in [3.05, 3.63) is 18.0 Å². The van der Waals surface area contributed by atoms with Crippen LogP contribution in [0.2, 0.25) is 0 Å². The molecule has 6 heteroatoms. The number of hydrogen-bond donors (Lipinski definition) is 2. The Morgan fingerprint density at radius 1 is 1.15 bits per heavy atom. The van der Waals surface area contributed by atoms with Crippen molar-refractivity contribution in [2.75, 3.05) is 0 Å². The van der Waals surface area contributed by atoms with Crippen molar-refractivity contribution in [1.82, 2.24) is 4.98 Å². The summed E-state index contributed by atoms with van der Waals surface area (Å²) in [7, 11) is -0.649. The van der Waals surface area contributed by atoms with Gasteiger partial charge in [0.05, 0.1) is 23.1 Å². The third kappa shape index (κ3) is 2.03. The Morgan fingerprint density at radius 3 is 2.20 bits per heavy atom. The molecule has 20 heavy (non-hydrogen) atoms. The maximum absolute atomic E-state index is 10.1. The molecule has 0 atom stereocenters. The first-order valence-electron chi connectivity index (χ1n) is 6.92. The summed E-state index contributed by atoms with van der Waals surface area (Å²) in [6.07, 6.45) is 2.76. The molecular weight excluding hydrogens is 257 g/mol. The molecule has 3 rings (SSSR count). The van der Waals surface area contributed by atoms with Gasteiger partial charge in [0.15, 0.2) is 0 Å². The topological polar surface area (TPSA) is 71.8 Å². The van der Waals surface area contributed by atoms with Crippen LogP contribution in [0, 0.1) is 0 Å². The number of pyridine rings is 1. The quantitative estimate of drug-likeness (QED) is 0.791. The Balaban J connectivity index is 1.95. The highest BCUT2D eigenvalue weighted by Gasteiger charge is 2.53. The lowest BCUT2D eigenvalue weighted by Gasteiger charge is -2.32. The second kappa shape index (κ2) is 3.96. The maximum atomic E-state index is 10.1. The first kappa shape index (κ1) is 13.9. The molecule has 0 amide bonds. The molecule has 2 fully saturated rings. The van der Waals surface area contributed by atoms with Gasteiger partial charge in [-0.25, -0.2) is 0 Å². The average molecular weight is 277 g/mol.